The van der Waals surface area contributed by atoms with Crippen molar-refractivity contribution in [2.45, 2.75) is 32.2 Å². The average Bonchev–Trinajstić information content (AvgIpc) is 3.50. The molecule has 3 aromatic rings. The second-order valence-corrected chi connectivity index (χ2v) is 8.96. The van der Waals surface area contributed by atoms with Gasteiger partial charge >= 0.3 is 5.97 Å². The molecule has 6 nitrogen and oxygen atoms in total. The maximum atomic E-state index is 13.2. The summed E-state index contributed by atoms with van der Waals surface area (Å²) in [7, 11) is 0. The van der Waals surface area contributed by atoms with Gasteiger partial charge in [0.25, 0.3) is 0 Å². The number of hydrogen-bond donors (Lipinski definition) is 1. The van der Waals surface area contributed by atoms with E-state index in [-0.39, 0.29) is 5.91 Å². The van der Waals surface area contributed by atoms with Gasteiger partial charge in [-0.15, -0.1) is 0 Å². The highest BCUT2D eigenvalue weighted by atomic mass is 16.5. The van der Waals surface area contributed by atoms with E-state index in [1.807, 2.05) is 48.5 Å². The normalized spacial score (nSPS) is 17.8. The Morgan fingerprint density at radius 3 is 2.46 bits per heavy atom. The van der Waals surface area contributed by atoms with Crippen molar-refractivity contribution in [1.29, 1.82) is 0 Å². The van der Waals surface area contributed by atoms with Crippen molar-refractivity contribution in [1.82, 2.24) is 4.90 Å². The zero-order valence-electron chi connectivity index (χ0n) is 19.9. The number of esters is 1. The number of fused-ring (bicyclic) bond motifs is 1. The second kappa shape index (κ2) is 10.2. The number of carbonyl (C=O) groups is 2. The highest BCUT2D eigenvalue weighted by Crippen LogP contribution is 2.37. The number of likely N-dealkylation sites (tertiary alicyclic amines) is 1. The fourth-order valence-electron chi connectivity index (χ4n) is 4.79. The van der Waals surface area contributed by atoms with Gasteiger partial charge in [-0.2, -0.15) is 0 Å². The molecule has 1 amide bonds. The number of ether oxygens (including phenoxy) is 1. The van der Waals surface area contributed by atoms with Crippen molar-refractivity contribution in [2.75, 3.05) is 25.0 Å². The number of carbonyl (C=O) groups excluding carboxylic acids is 2. The summed E-state index contributed by atoms with van der Waals surface area (Å²) in [6.07, 6.45) is 2.55. The van der Waals surface area contributed by atoms with E-state index in [2.05, 4.69) is 22.3 Å². The van der Waals surface area contributed by atoms with Crippen LogP contribution >= 0.6 is 0 Å². The van der Waals surface area contributed by atoms with E-state index < -0.39 is 11.9 Å². The van der Waals surface area contributed by atoms with E-state index in [0.717, 1.165) is 36.4 Å². The highest BCUT2D eigenvalue weighted by molar-refractivity contribution is 6.24. The second-order valence-electron chi connectivity index (χ2n) is 8.96. The van der Waals surface area contributed by atoms with Gasteiger partial charge in [0, 0.05) is 12.2 Å². The Morgan fingerprint density at radius 1 is 1.00 bits per heavy atom. The van der Waals surface area contributed by atoms with Gasteiger partial charge in [-0.05, 0) is 73.8 Å². The van der Waals surface area contributed by atoms with E-state index in [1.165, 1.54) is 18.4 Å². The summed E-state index contributed by atoms with van der Waals surface area (Å²) in [5.41, 5.74) is 5.47. The molecule has 1 atom stereocenters. The van der Waals surface area contributed by atoms with Crippen LogP contribution in [0.5, 0.6) is 0 Å². The van der Waals surface area contributed by atoms with Gasteiger partial charge in [-0.25, -0.2) is 4.79 Å². The fourth-order valence-corrected chi connectivity index (χ4v) is 4.79. The molecule has 2 aliphatic rings. The standard InChI is InChI=1S/C29H29N3O3/c1-2-35-29(34)22-12-15-24-25(18-22)31-28(33)26(24)27(21-8-4-3-5-9-21)30-23-13-10-20(11-14-23)19-32-16-6-7-17-32/h3-5,8-15,18,26H,2,6-7,16-17,19H2,1H3,(H,31,33). The Morgan fingerprint density at radius 2 is 1.74 bits per heavy atom. The maximum absolute atomic E-state index is 13.2. The Balaban J connectivity index is 1.48. The molecule has 178 valence electrons. The number of hydrogen-bond acceptors (Lipinski definition) is 5. The van der Waals surface area contributed by atoms with Gasteiger partial charge in [-0.3, -0.25) is 14.7 Å². The summed E-state index contributed by atoms with van der Waals surface area (Å²) < 4.78 is 5.11. The largest absolute Gasteiger partial charge is 0.462 e. The minimum Gasteiger partial charge on any atom is -0.462 e. The van der Waals surface area contributed by atoms with E-state index in [9.17, 15) is 9.59 Å². The van der Waals surface area contributed by atoms with Crippen LogP contribution in [0.3, 0.4) is 0 Å². The molecule has 0 radical (unpaired) electrons. The Labute approximate surface area is 205 Å². The topological polar surface area (TPSA) is 71.0 Å². The molecule has 0 aliphatic carbocycles. The van der Waals surface area contributed by atoms with Crippen LogP contribution in [0.15, 0.2) is 77.8 Å². The first-order chi connectivity index (χ1) is 17.1. The molecule has 0 bridgehead atoms. The van der Waals surface area contributed by atoms with Crippen molar-refractivity contribution in [3.05, 3.63) is 95.1 Å². The molecule has 1 unspecified atom stereocenters. The van der Waals surface area contributed by atoms with Crippen LogP contribution in [0.2, 0.25) is 0 Å². The number of nitrogens with zero attached hydrogens (tertiary/aromatic N) is 2. The lowest BCUT2D eigenvalue weighted by atomic mass is 9.90. The molecular weight excluding hydrogens is 438 g/mol. The molecule has 35 heavy (non-hydrogen) atoms. The summed E-state index contributed by atoms with van der Waals surface area (Å²) in [6, 6.07) is 23.3. The maximum Gasteiger partial charge on any atom is 0.338 e. The quantitative estimate of drug-likeness (QED) is 0.377. The number of benzene rings is 3. The van der Waals surface area contributed by atoms with E-state index in [1.54, 1.807) is 19.1 Å². The Hall–Kier alpha value is -3.77. The fraction of sp³-hybridized carbons (Fsp3) is 0.276. The molecule has 2 aliphatic heterocycles. The molecule has 0 spiro atoms. The number of aliphatic imine (C=N–C) groups is 1. The molecule has 3 aromatic carbocycles. The molecule has 6 heteroatoms. The van der Waals surface area contributed by atoms with E-state index in [0.29, 0.717) is 23.6 Å². The molecule has 1 fully saturated rings. The van der Waals surface area contributed by atoms with Crippen LogP contribution in [0.4, 0.5) is 11.4 Å². The predicted octanol–water partition coefficient (Wildman–Crippen LogP) is 5.32. The van der Waals surface area contributed by atoms with Crippen LogP contribution in [0, 0.1) is 0 Å². The van der Waals surface area contributed by atoms with Gasteiger partial charge in [0.05, 0.1) is 23.6 Å². The zero-order valence-corrected chi connectivity index (χ0v) is 19.9. The van der Waals surface area contributed by atoms with E-state index in [4.69, 9.17) is 9.73 Å². The summed E-state index contributed by atoms with van der Waals surface area (Å²) in [5.74, 6) is -1.14. The molecular formula is C29H29N3O3. The number of rotatable bonds is 7. The van der Waals surface area contributed by atoms with Gasteiger partial charge in [0.2, 0.25) is 5.91 Å². The smallest absolute Gasteiger partial charge is 0.338 e. The summed E-state index contributed by atoms with van der Waals surface area (Å²) in [5, 5.41) is 2.94. The van der Waals surface area contributed by atoms with Crippen LogP contribution < -0.4 is 5.32 Å². The van der Waals surface area contributed by atoms with Crippen molar-refractivity contribution in [2.24, 2.45) is 4.99 Å². The first-order valence-electron chi connectivity index (χ1n) is 12.2. The summed E-state index contributed by atoms with van der Waals surface area (Å²) >= 11 is 0. The highest BCUT2D eigenvalue weighted by Gasteiger charge is 2.36. The molecule has 1 N–H and O–H groups in total. The lowest BCUT2D eigenvalue weighted by Gasteiger charge is -2.15. The lowest BCUT2D eigenvalue weighted by molar-refractivity contribution is -0.115. The minimum atomic E-state index is -0.576. The van der Waals surface area contributed by atoms with Gasteiger partial charge < -0.3 is 10.1 Å². The first kappa shape index (κ1) is 23.0. The van der Waals surface area contributed by atoms with Crippen LogP contribution in [-0.4, -0.2) is 42.2 Å². The Kier molecular flexibility index (Phi) is 6.73. The summed E-state index contributed by atoms with van der Waals surface area (Å²) in [4.78, 5) is 32.8. The third-order valence-corrected chi connectivity index (χ3v) is 6.53. The SMILES string of the molecule is CCOC(=O)c1ccc2c(c1)NC(=O)C2C(=Nc1ccc(CN2CCCC2)cc1)c1ccccc1. The van der Waals surface area contributed by atoms with Crippen molar-refractivity contribution in [3.8, 4) is 0 Å². The number of anilines is 1. The number of nitrogens with one attached hydrogen (secondary N) is 1. The summed E-state index contributed by atoms with van der Waals surface area (Å²) in [6.45, 7) is 5.34. The third kappa shape index (κ3) is 5.03. The van der Waals surface area contributed by atoms with Crippen LogP contribution in [-0.2, 0) is 16.1 Å². The Bertz CT molecular complexity index is 1250. The molecule has 0 aromatic heterocycles. The first-order valence-corrected chi connectivity index (χ1v) is 12.2. The predicted molar refractivity (Wildman–Crippen MR) is 137 cm³/mol. The lowest BCUT2D eigenvalue weighted by Crippen LogP contribution is -2.22. The van der Waals surface area contributed by atoms with Gasteiger partial charge in [0.1, 0.15) is 5.92 Å². The van der Waals surface area contributed by atoms with Gasteiger partial charge in [0.15, 0.2) is 0 Å². The van der Waals surface area contributed by atoms with Crippen LogP contribution in [0.1, 0.15) is 52.7 Å². The molecule has 0 saturated carbocycles. The zero-order chi connectivity index (χ0) is 24.2. The van der Waals surface area contributed by atoms with Crippen molar-refractivity contribution >= 4 is 29.0 Å². The van der Waals surface area contributed by atoms with Crippen LogP contribution in [0.25, 0.3) is 0 Å². The third-order valence-electron chi connectivity index (χ3n) is 6.53. The van der Waals surface area contributed by atoms with Crippen molar-refractivity contribution in [3.63, 3.8) is 0 Å². The average molecular weight is 468 g/mol. The molecule has 2 heterocycles. The monoisotopic (exact) mass is 467 g/mol. The van der Waals surface area contributed by atoms with Crippen molar-refractivity contribution < 1.29 is 14.3 Å². The molecule has 1 saturated heterocycles. The van der Waals surface area contributed by atoms with E-state index >= 15 is 0 Å². The van der Waals surface area contributed by atoms with Gasteiger partial charge in [-0.1, -0.05) is 48.5 Å². The minimum absolute atomic E-state index is 0.158. The number of amides is 1. The molecule has 5 rings (SSSR count).